The molecule has 3 nitrogen and oxygen atoms in total. The van der Waals surface area contributed by atoms with Crippen LogP contribution in [0.5, 0.6) is 0 Å². The minimum absolute atomic E-state index is 0.121. The monoisotopic (exact) mass is 291 g/mol. The minimum atomic E-state index is -4.84. The van der Waals surface area contributed by atoms with Crippen LogP contribution in [0.2, 0.25) is 0 Å². The van der Waals surface area contributed by atoms with Crippen LogP contribution >= 0.6 is 11.3 Å². The summed E-state index contributed by atoms with van der Waals surface area (Å²) in [5.74, 6) is -2.24. The summed E-state index contributed by atoms with van der Waals surface area (Å²) < 4.78 is 50.6. The Bertz CT molecular complexity index is 619. The molecule has 0 radical (unpaired) electrons. The van der Waals surface area contributed by atoms with Crippen molar-refractivity contribution in [2.45, 2.75) is 6.18 Å². The molecule has 19 heavy (non-hydrogen) atoms. The number of alkyl halides is 3. The summed E-state index contributed by atoms with van der Waals surface area (Å²) in [6.45, 7) is 0. The first kappa shape index (κ1) is 13.5. The first-order valence-corrected chi connectivity index (χ1v) is 5.68. The topological polar surface area (TPSA) is 50.2 Å². The second-order valence-electron chi connectivity index (χ2n) is 3.51. The van der Waals surface area contributed by atoms with Crippen LogP contribution in [0.3, 0.4) is 0 Å². The molecular formula is C11H5F4NO2S. The summed E-state index contributed by atoms with van der Waals surface area (Å²) in [7, 11) is 0. The lowest BCUT2D eigenvalue weighted by molar-refractivity contribution is -0.141. The first-order chi connectivity index (χ1) is 8.79. The van der Waals surface area contributed by atoms with Crippen LogP contribution in [0.15, 0.2) is 24.3 Å². The molecule has 0 spiro atoms. The van der Waals surface area contributed by atoms with Gasteiger partial charge in [0.05, 0.1) is 0 Å². The molecule has 0 atom stereocenters. The fraction of sp³-hybridized carbons (Fsp3) is 0.0909. The SMILES string of the molecule is O=C(O)c1sc(-c2ccc(F)cc2)nc1C(F)(F)F. The molecule has 1 aromatic carbocycles. The normalized spacial score (nSPS) is 11.6. The molecule has 0 aliphatic carbocycles. The molecule has 2 rings (SSSR count). The number of rotatable bonds is 2. The molecule has 1 heterocycles. The number of carboxylic acid groups (broad SMARTS) is 1. The largest absolute Gasteiger partial charge is 0.477 e. The number of hydrogen-bond acceptors (Lipinski definition) is 3. The molecule has 0 aliphatic heterocycles. The molecule has 1 aromatic heterocycles. The third-order valence-corrected chi connectivity index (χ3v) is 3.27. The maximum atomic E-state index is 12.7. The maximum Gasteiger partial charge on any atom is 0.435 e. The molecule has 0 unspecified atom stereocenters. The summed E-state index contributed by atoms with van der Waals surface area (Å²) >= 11 is 0.400. The van der Waals surface area contributed by atoms with Crippen LogP contribution in [0, 0.1) is 5.82 Å². The second-order valence-corrected chi connectivity index (χ2v) is 4.51. The van der Waals surface area contributed by atoms with E-state index in [-0.39, 0.29) is 10.6 Å². The smallest absolute Gasteiger partial charge is 0.435 e. The lowest BCUT2D eigenvalue weighted by Crippen LogP contribution is -2.11. The van der Waals surface area contributed by atoms with Gasteiger partial charge in [-0.05, 0) is 24.3 Å². The number of halogens is 4. The van der Waals surface area contributed by atoms with E-state index < -0.39 is 28.5 Å². The lowest BCUT2D eigenvalue weighted by Gasteiger charge is -2.02. The molecule has 2 aromatic rings. The number of benzene rings is 1. The van der Waals surface area contributed by atoms with Crippen molar-refractivity contribution in [2.75, 3.05) is 0 Å². The third kappa shape index (κ3) is 2.73. The van der Waals surface area contributed by atoms with E-state index in [1.807, 2.05) is 0 Å². The van der Waals surface area contributed by atoms with Gasteiger partial charge in [-0.15, -0.1) is 11.3 Å². The Balaban J connectivity index is 2.55. The van der Waals surface area contributed by atoms with Gasteiger partial charge in [-0.3, -0.25) is 0 Å². The highest BCUT2D eigenvalue weighted by molar-refractivity contribution is 7.17. The highest BCUT2D eigenvalue weighted by Crippen LogP contribution is 2.37. The fourth-order valence-corrected chi connectivity index (χ4v) is 2.30. The van der Waals surface area contributed by atoms with Crippen LogP contribution in [0.25, 0.3) is 10.6 Å². The Kier molecular flexibility index (Phi) is 3.27. The van der Waals surface area contributed by atoms with Crippen molar-refractivity contribution in [3.8, 4) is 10.6 Å². The molecule has 1 N–H and O–H groups in total. The van der Waals surface area contributed by atoms with Crippen molar-refractivity contribution in [3.63, 3.8) is 0 Å². The van der Waals surface area contributed by atoms with E-state index in [0.29, 0.717) is 11.3 Å². The molecule has 0 bridgehead atoms. The Morgan fingerprint density at radius 1 is 1.21 bits per heavy atom. The maximum absolute atomic E-state index is 12.7. The zero-order chi connectivity index (χ0) is 14.2. The average molecular weight is 291 g/mol. The van der Waals surface area contributed by atoms with Crippen LogP contribution in [0.4, 0.5) is 17.6 Å². The summed E-state index contributed by atoms with van der Waals surface area (Å²) in [5, 5.41) is 8.62. The fourth-order valence-electron chi connectivity index (χ4n) is 1.37. The van der Waals surface area contributed by atoms with E-state index in [1.54, 1.807) is 0 Å². The average Bonchev–Trinajstić information content (AvgIpc) is 2.74. The van der Waals surface area contributed by atoms with Gasteiger partial charge < -0.3 is 5.11 Å². The molecule has 8 heteroatoms. The van der Waals surface area contributed by atoms with Gasteiger partial charge in [-0.2, -0.15) is 13.2 Å². The van der Waals surface area contributed by atoms with Crippen LogP contribution < -0.4 is 0 Å². The van der Waals surface area contributed by atoms with Crippen molar-refractivity contribution < 1.29 is 27.5 Å². The van der Waals surface area contributed by atoms with Crippen molar-refractivity contribution in [2.24, 2.45) is 0 Å². The van der Waals surface area contributed by atoms with E-state index >= 15 is 0 Å². The molecular weight excluding hydrogens is 286 g/mol. The van der Waals surface area contributed by atoms with Gasteiger partial charge in [0.1, 0.15) is 15.7 Å². The van der Waals surface area contributed by atoms with Gasteiger partial charge >= 0.3 is 12.1 Å². The van der Waals surface area contributed by atoms with Gasteiger partial charge in [-0.1, -0.05) is 0 Å². The molecule has 0 amide bonds. The van der Waals surface area contributed by atoms with Gasteiger partial charge in [0.2, 0.25) is 0 Å². The zero-order valence-electron chi connectivity index (χ0n) is 9.03. The van der Waals surface area contributed by atoms with E-state index in [1.165, 1.54) is 12.1 Å². The number of thiazole rings is 1. The molecule has 0 fully saturated rings. The number of aromatic nitrogens is 1. The van der Waals surface area contributed by atoms with Crippen LogP contribution in [-0.2, 0) is 6.18 Å². The van der Waals surface area contributed by atoms with E-state index in [9.17, 15) is 22.4 Å². The number of nitrogens with zero attached hydrogens (tertiary/aromatic N) is 1. The highest BCUT2D eigenvalue weighted by Gasteiger charge is 2.39. The molecule has 0 saturated carbocycles. The van der Waals surface area contributed by atoms with Gasteiger partial charge in [0.25, 0.3) is 0 Å². The van der Waals surface area contributed by atoms with E-state index in [4.69, 9.17) is 5.11 Å². The number of carbonyl (C=O) groups is 1. The van der Waals surface area contributed by atoms with Crippen LogP contribution in [-0.4, -0.2) is 16.1 Å². The van der Waals surface area contributed by atoms with Gasteiger partial charge in [0.15, 0.2) is 5.69 Å². The van der Waals surface area contributed by atoms with E-state index in [2.05, 4.69) is 4.98 Å². The van der Waals surface area contributed by atoms with Gasteiger partial charge in [-0.25, -0.2) is 14.2 Å². The summed E-state index contributed by atoms with van der Waals surface area (Å²) in [6.07, 6.45) is -4.84. The summed E-state index contributed by atoms with van der Waals surface area (Å²) in [4.78, 5) is 13.2. The number of carboxylic acids is 1. The standard InChI is InChI=1S/C11H5F4NO2S/c12-6-3-1-5(2-4-6)9-16-8(11(13,14)15)7(19-9)10(17)18/h1-4H,(H,17,18). The van der Waals surface area contributed by atoms with E-state index in [0.717, 1.165) is 12.1 Å². The van der Waals surface area contributed by atoms with Crippen molar-refractivity contribution in [3.05, 3.63) is 40.7 Å². The quantitative estimate of drug-likeness (QED) is 0.859. The first-order valence-electron chi connectivity index (χ1n) is 4.86. The number of hydrogen-bond donors (Lipinski definition) is 1. The summed E-state index contributed by atoms with van der Waals surface area (Å²) in [5.41, 5.74) is -1.21. The summed E-state index contributed by atoms with van der Waals surface area (Å²) in [6, 6.07) is 4.59. The Hall–Kier alpha value is -1.96. The van der Waals surface area contributed by atoms with Crippen LogP contribution in [0.1, 0.15) is 15.4 Å². The lowest BCUT2D eigenvalue weighted by atomic mass is 10.2. The predicted molar refractivity (Wildman–Crippen MR) is 59.5 cm³/mol. The zero-order valence-corrected chi connectivity index (χ0v) is 9.85. The minimum Gasteiger partial charge on any atom is -0.477 e. The van der Waals surface area contributed by atoms with Crippen molar-refractivity contribution >= 4 is 17.3 Å². The third-order valence-electron chi connectivity index (χ3n) is 2.18. The molecule has 100 valence electrons. The Morgan fingerprint density at radius 2 is 1.79 bits per heavy atom. The predicted octanol–water partition coefficient (Wildman–Crippen LogP) is 3.67. The highest BCUT2D eigenvalue weighted by atomic mass is 32.1. The molecule has 0 saturated heterocycles. The van der Waals surface area contributed by atoms with Crippen molar-refractivity contribution in [1.82, 2.24) is 4.98 Å². The molecule has 0 aliphatic rings. The van der Waals surface area contributed by atoms with Crippen molar-refractivity contribution in [1.29, 1.82) is 0 Å². The Labute approximate surface area is 108 Å². The second kappa shape index (κ2) is 4.61. The number of aromatic carboxylic acids is 1. The Morgan fingerprint density at radius 3 is 2.21 bits per heavy atom. The van der Waals surface area contributed by atoms with Gasteiger partial charge in [0, 0.05) is 5.56 Å².